The first-order valence-corrected chi connectivity index (χ1v) is 12.4. The van der Waals surface area contributed by atoms with Crippen LogP contribution in [-0.2, 0) is 16.1 Å². The Kier molecular flexibility index (Phi) is 7.39. The maximum atomic E-state index is 12.4. The van der Waals surface area contributed by atoms with Crippen molar-refractivity contribution in [1.82, 2.24) is 9.47 Å². The maximum absolute atomic E-state index is 12.4. The zero-order valence-corrected chi connectivity index (χ0v) is 19.7. The largest absolute Gasteiger partial charge is 0.341 e. The number of benzene rings is 1. The van der Waals surface area contributed by atoms with E-state index < -0.39 is 0 Å². The highest BCUT2D eigenvalue weighted by Crippen LogP contribution is 2.23. The van der Waals surface area contributed by atoms with Crippen LogP contribution in [0.4, 0.5) is 0 Å². The minimum absolute atomic E-state index is 0.131. The fraction of sp³-hybridized carbons (Fsp3) is 0.550. The van der Waals surface area contributed by atoms with Gasteiger partial charge in [0.15, 0.2) is 4.80 Å². The topological polar surface area (TPSA) is 54.7 Å². The summed E-state index contributed by atoms with van der Waals surface area (Å²) in [6.07, 6.45) is 1.18. The molecule has 2 heterocycles. The number of hydrogen-bond acceptors (Lipinski definition) is 4. The molecule has 2 atom stereocenters. The average Bonchev–Trinajstić information content (AvgIpc) is 2.96. The van der Waals surface area contributed by atoms with Gasteiger partial charge in [-0.2, -0.15) is 4.99 Å². The van der Waals surface area contributed by atoms with Gasteiger partial charge in [0.25, 0.3) is 5.91 Å². The molecule has 0 radical (unpaired) electrons. The van der Waals surface area contributed by atoms with Crippen LogP contribution in [0.15, 0.2) is 27.7 Å². The minimum Gasteiger partial charge on any atom is -0.341 e. The molecular formula is C20H26BrN3O2S2. The van der Waals surface area contributed by atoms with Crippen LogP contribution in [0.3, 0.4) is 0 Å². The van der Waals surface area contributed by atoms with Crippen molar-refractivity contribution in [2.45, 2.75) is 33.7 Å². The molecule has 1 fully saturated rings. The second-order valence-electron chi connectivity index (χ2n) is 7.48. The summed E-state index contributed by atoms with van der Waals surface area (Å²) < 4.78 is 4.16. The number of aromatic nitrogens is 1. The number of amides is 2. The molecule has 1 aliphatic heterocycles. The number of fused-ring (bicyclic) bond motifs is 1. The van der Waals surface area contributed by atoms with Crippen LogP contribution >= 0.6 is 39.0 Å². The molecule has 2 unspecified atom stereocenters. The van der Waals surface area contributed by atoms with Crippen LogP contribution in [0.1, 0.15) is 27.2 Å². The molecule has 2 amide bonds. The first-order chi connectivity index (χ1) is 13.4. The highest BCUT2D eigenvalue weighted by atomic mass is 79.9. The molecule has 152 valence electrons. The van der Waals surface area contributed by atoms with E-state index in [1.807, 2.05) is 30.0 Å². The number of piperidine rings is 1. The third-order valence-corrected chi connectivity index (χ3v) is 7.29. The van der Waals surface area contributed by atoms with Gasteiger partial charge < -0.3 is 9.47 Å². The molecule has 1 saturated heterocycles. The van der Waals surface area contributed by atoms with Crippen molar-refractivity contribution in [3.8, 4) is 0 Å². The Morgan fingerprint density at radius 2 is 1.96 bits per heavy atom. The molecule has 5 nitrogen and oxygen atoms in total. The highest BCUT2D eigenvalue weighted by Gasteiger charge is 2.25. The van der Waals surface area contributed by atoms with Crippen LogP contribution in [0.5, 0.6) is 0 Å². The van der Waals surface area contributed by atoms with E-state index in [0.29, 0.717) is 22.4 Å². The second kappa shape index (κ2) is 9.59. The van der Waals surface area contributed by atoms with E-state index in [9.17, 15) is 9.59 Å². The maximum Gasteiger partial charge on any atom is 0.258 e. The number of thiazole rings is 1. The lowest BCUT2D eigenvalue weighted by molar-refractivity contribution is -0.130. The quantitative estimate of drug-likeness (QED) is 0.641. The summed E-state index contributed by atoms with van der Waals surface area (Å²) >= 11 is 6.36. The van der Waals surface area contributed by atoms with Crippen LogP contribution in [0.25, 0.3) is 10.2 Å². The summed E-state index contributed by atoms with van der Waals surface area (Å²) in [5.74, 6) is 1.61. The third kappa shape index (κ3) is 5.27. The molecule has 3 rings (SSSR count). The SMILES string of the molecule is CCn1c(=NC(=O)CSCC(=O)N2CC(C)CC(C)C2)sc2cc(Br)ccc21. The van der Waals surface area contributed by atoms with E-state index in [-0.39, 0.29) is 17.6 Å². The first kappa shape index (κ1) is 21.6. The van der Waals surface area contributed by atoms with Gasteiger partial charge in [-0.1, -0.05) is 41.1 Å². The number of carbonyl (C=O) groups is 2. The number of thioether (sulfide) groups is 1. The monoisotopic (exact) mass is 483 g/mol. The average molecular weight is 484 g/mol. The Labute approximate surface area is 182 Å². The molecule has 1 aromatic carbocycles. The van der Waals surface area contributed by atoms with Crippen LogP contribution < -0.4 is 4.80 Å². The van der Waals surface area contributed by atoms with Gasteiger partial charge in [-0.3, -0.25) is 9.59 Å². The van der Waals surface area contributed by atoms with Crippen molar-refractivity contribution in [2.24, 2.45) is 16.8 Å². The summed E-state index contributed by atoms with van der Waals surface area (Å²) in [5, 5.41) is 0. The molecule has 0 N–H and O–H groups in total. The smallest absolute Gasteiger partial charge is 0.258 e. The zero-order chi connectivity index (χ0) is 20.3. The fourth-order valence-corrected chi connectivity index (χ4v) is 6.12. The molecule has 0 aliphatic carbocycles. The van der Waals surface area contributed by atoms with Gasteiger partial charge in [0.2, 0.25) is 5.91 Å². The van der Waals surface area contributed by atoms with E-state index in [1.165, 1.54) is 29.5 Å². The molecule has 0 spiro atoms. The van der Waals surface area contributed by atoms with Crippen LogP contribution in [-0.4, -0.2) is 45.9 Å². The molecule has 8 heteroatoms. The zero-order valence-electron chi connectivity index (χ0n) is 16.5. The van der Waals surface area contributed by atoms with Gasteiger partial charge >= 0.3 is 0 Å². The summed E-state index contributed by atoms with van der Waals surface area (Å²) in [4.78, 5) is 31.8. The van der Waals surface area contributed by atoms with Crippen molar-refractivity contribution in [2.75, 3.05) is 24.6 Å². The van der Waals surface area contributed by atoms with Crippen LogP contribution in [0, 0.1) is 11.8 Å². The van der Waals surface area contributed by atoms with E-state index in [4.69, 9.17) is 0 Å². The number of halogens is 1. The number of aryl methyl sites for hydroxylation is 1. The standard InChI is InChI=1S/C20H26BrN3O2S2/c1-4-24-16-6-5-15(21)8-17(16)28-20(24)22-18(25)11-27-12-19(26)23-9-13(2)7-14(3)10-23/h5-6,8,13-14H,4,7,9-12H2,1-3H3. The first-order valence-electron chi connectivity index (χ1n) is 9.59. The van der Waals surface area contributed by atoms with Gasteiger partial charge in [-0.25, -0.2) is 0 Å². The fourth-order valence-electron chi connectivity index (χ4n) is 3.76. The lowest BCUT2D eigenvalue weighted by atomic mass is 9.92. The molecule has 0 bridgehead atoms. The lowest BCUT2D eigenvalue weighted by Gasteiger charge is -2.35. The van der Waals surface area contributed by atoms with Crippen molar-refractivity contribution in [3.05, 3.63) is 27.5 Å². The van der Waals surface area contributed by atoms with Gasteiger partial charge in [-0.05, 0) is 43.4 Å². The summed E-state index contributed by atoms with van der Waals surface area (Å²) in [5.41, 5.74) is 1.08. The number of nitrogens with zero attached hydrogens (tertiary/aromatic N) is 3. The number of carbonyl (C=O) groups excluding carboxylic acids is 2. The van der Waals surface area contributed by atoms with Crippen molar-refractivity contribution >= 4 is 61.1 Å². The van der Waals surface area contributed by atoms with Crippen molar-refractivity contribution in [1.29, 1.82) is 0 Å². The second-order valence-corrected chi connectivity index (χ2v) is 10.4. The summed E-state index contributed by atoms with van der Waals surface area (Å²) in [7, 11) is 0. The Hall–Kier alpha value is -1.12. The molecule has 1 aliphatic rings. The normalized spacial score (nSPS) is 20.7. The molecule has 28 heavy (non-hydrogen) atoms. The minimum atomic E-state index is -0.189. The Morgan fingerprint density at radius 3 is 2.64 bits per heavy atom. The molecule has 0 saturated carbocycles. The number of likely N-dealkylation sites (tertiary alicyclic amines) is 1. The van der Waals surface area contributed by atoms with E-state index in [1.54, 1.807) is 0 Å². The van der Waals surface area contributed by atoms with E-state index >= 15 is 0 Å². The predicted molar refractivity (Wildman–Crippen MR) is 121 cm³/mol. The lowest BCUT2D eigenvalue weighted by Crippen LogP contribution is -2.43. The molecule has 2 aromatic rings. The van der Waals surface area contributed by atoms with Gasteiger partial charge in [0, 0.05) is 24.1 Å². The molecule has 1 aromatic heterocycles. The van der Waals surface area contributed by atoms with E-state index in [2.05, 4.69) is 39.3 Å². The van der Waals surface area contributed by atoms with Crippen molar-refractivity contribution in [3.63, 3.8) is 0 Å². The Balaban J connectivity index is 1.61. The summed E-state index contributed by atoms with van der Waals surface area (Å²) in [6, 6.07) is 6.08. The molecular weight excluding hydrogens is 458 g/mol. The number of rotatable bonds is 5. The predicted octanol–water partition coefficient (Wildman–Crippen LogP) is 4.15. The van der Waals surface area contributed by atoms with E-state index in [0.717, 1.165) is 34.3 Å². The highest BCUT2D eigenvalue weighted by molar-refractivity contribution is 9.10. The third-order valence-electron chi connectivity index (χ3n) is 4.85. The Morgan fingerprint density at radius 1 is 1.25 bits per heavy atom. The van der Waals surface area contributed by atoms with Crippen LogP contribution in [0.2, 0.25) is 0 Å². The summed E-state index contributed by atoms with van der Waals surface area (Å²) in [6.45, 7) is 8.85. The Bertz CT molecular complexity index is 927. The van der Waals surface area contributed by atoms with Gasteiger partial charge in [0.1, 0.15) is 0 Å². The van der Waals surface area contributed by atoms with Gasteiger partial charge in [-0.15, -0.1) is 11.8 Å². The number of hydrogen-bond donors (Lipinski definition) is 0. The van der Waals surface area contributed by atoms with Gasteiger partial charge in [0.05, 0.1) is 21.7 Å². The van der Waals surface area contributed by atoms with Crippen molar-refractivity contribution < 1.29 is 9.59 Å².